The fourth-order valence-corrected chi connectivity index (χ4v) is 5.09. The lowest BCUT2D eigenvalue weighted by Gasteiger charge is -2.30. The largest absolute Gasteiger partial charge is 0.496 e. The minimum Gasteiger partial charge on any atom is -0.496 e. The number of carbonyl (C=O) groups excluding carboxylic acids is 1. The summed E-state index contributed by atoms with van der Waals surface area (Å²) >= 11 is 0. The van der Waals surface area contributed by atoms with Crippen LogP contribution in [0.25, 0.3) is 0 Å². The number of nitrogens with zero attached hydrogens (tertiary/aromatic N) is 3. The van der Waals surface area contributed by atoms with Gasteiger partial charge in [-0.3, -0.25) is 4.79 Å². The van der Waals surface area contributed by atoms with E-state index in [1.807, 2.05) is 19.1 Å². The Morgan fingerprint density at radius 3 is 2.49 bits per heavy atom. The molecule has 1 aromatic heterocycles. The quantitative estimate of drug-likeness (QED) is 0.451. The first-order chi connectivity index (χ1) is 16.9. The number of primary amides is 1. The maximum atomic E-state index is 12.3. The monoisotopic (exact) mass is 482 g/mol. The molecule has 35 heavy (non-hydrogen) atoms. The highest BCUT2D eigenvalue weighted by molar-refractivity contribution is 5.96. The van der Waals surface area contributed by atoms with Gasteiger partial charge in [0.05, 0.1) is 18.9 Å². The first-order valence-corrected chi connectivity index (χ1v) is 12.7. The van der Waals surface area contributed by atoms with Crippen LogP contribution in [-0.4, -0.2) is 65.3 Å². The maximum Gasteiger partial charge on any atom is 0.271 e. The molecule has 2 aromatic rings. The lowest BCUT2D eigenvalue weighted by molar-refractivity contribution is 0.0996. The zero-order chi connectivity index (χ0) is 24.9. The number of anilines is 3. The molecule has 1 aliphatic carbocycles. The molecule has 9 nitrogen and oxygen atoms in total. The second-order valence-electron chi connectivity index (χ2n) is 9.74. The van der Waals surface area contributed by atoms with Gasteiger partial charge < -0.3 is 31.1 Å². The summed E-state index contributed by atoms with van der Waals surface area (Å²) in [5, 5.41) is 16.6. The van der Waals surface area contributed by atoms with Crippen molar-refractivity contribution in [3.8, 4) is 5.75 Å². The highest BCUT2D eigenvalue weighted by atomic mass is 16.5. The predicted molar refractivity (Wildman–Crippen MR) is 138 cm³/mol. The molecular formula is C26H38N6O3. The summed E-state index contributed by atoms with van der Waals surface area (Å²) in [4.78, 5) is 24.0. The van der Waals surface area contributed by atoms with Crippen molar-refractivity contribution in [1.29, 1.82) is 0 Å². The van der Waals surface area contributed by atoms with Crippen molar-refractivity contribution < 1.29 is 14.6 Å². The van der Waals surface area contributed by atoms with Gasteiger partial charge in [-0.1, -0.05) is 6.92 Å². The maximum absolute atomic E-state index is 12.3. The van der Waals surface area contributed by atoms with E-state index >= 15 is 0 Å². The van der Waals surface area contributed by atoms with Gasteiger partial charge in [-0.25, -0.2) is 9.97 Å². The van der Waals surface area contributed by atoms with Crippen molar-refractivity contribution in [3.63, 3.8) is 0 Å². The standard InChI is InChI=1S/C26H38N6O3/c1-4-21-25(28-17-5-8-19(33)9-6-17)31-26(23(30-21)24(27)34)29-18-7-10-22(35-3)20(15-18)16-11-13-32(2)14-12-16/h7,10,15-17,19,33H,4-6,8-9,11-14H2,1-3H3,(H2,27,34)(H2,28,29,31). The molecule has 2 heterocycles. The molecule has 4 rings (SSSR count). The average molecular weight is 483 g/mol. The zero-order valence-corrected chi connectivity index (χ0v) is 21.0. The number of nitrogens with one attached hydrogen (secondary N) is 2. The third-order valence-corrected chi connectivity index (χ3v) is 7.22. The number of methoxy groups -OCH3 is 1. The highest BCUT2D eigenvalue weighted by Gasteiger charge is 2.24. The average Bonchev–Trinajstić information content (AvgIpc) is 2.86. The van der Waals surface area contributed by atoms with Crippen molar-refractivity contribution in [2.75, 3.05) is 37.9 Å². The molecule has 1 aliphatic heterocycles. The lowest BCUT2D eigenvalue weighted by Crippen LogP contribution is -2.29. The zero-order valence-electron chi connectivity index (χ0n) is 21.0. The topological polar surface area (TPSA) is 126 Å². The number of aliphatic hydroxyl groups is 1. The molecule has 2 aliphatic rings. The van der Waals surface area contributed by atoms with Crippen LogP contribution in [0.3, 0.4) is 0 Å². The van der Waals surface area contributed by atoms with Crippen molar-refractivity contribution in [2.45, 2.75) is 69.9 Å². The molecule has 0 bridgehead atoms. The smallest absolute Gasteiger partial charge is 0.271 e. The Morgan fingerprint density at radius 2 is 1.86 bits per heavy atom. The van der Waals surface area contributed by atoms with Crippen LogP contribution in [0, 0.1) is 0 Å². The third-order valence-electron chi connectivity index (χ3n) is 7.22. The first-order valence-electron chi connectivity index (χ1n) is 12.7. The molecule has 1 aromatic carbocycles. The van der Waals surface area contributed by atoms with E-state index in [1.165, 1.54) is 0 Å². The molecule has 0 radical (unpaired) electrons. The van der Waals surface area contributed by atoms with Gasteiger partial charge in [0.2, 0.25) is 0 Å². The number of aromatic nitrogens is 2. The molecule has 1 saturated heterocycles. The Morgan fingerprint density at radius 1 is 1.14 bits per heavy atom. The summed E-state index contributed by atoms with van der Waals surface area (Å²) in [5.41, 5.74) is 8.49. The fraction of sp³-hybridized carbons (Fsp3) is 0.577. The van der Waals surface area contributed by atoms with Crippen molar-refractivity contribution in [2.24, 2.45) is 5.73 Å². The van der Waals surface area contributed by atoms with E-state index in [2.05, 4.69) is 33.6 Å². The lowest BCUT2D eigenvalue weighted by atomic mass is 9.88. The van der Waals surface area contributed by atoms with E-state index in [0.29, 0.717) is 29.7 Å². The second-order valence-corrected chi connectivity index (χ2v) is 9.74. The summed E-state index contributed by atoms with van der Waals surface area (Å²) < 4.78 is 5.66. The van der Waals surface area contributed by atoms with Crippen LogP contribution >= 0.6 is 0 Å². The highest BCUT2D eigenvalue weighted by Crippen LogP contribution is 2.36. The van der Waals surface area contributed by atoms with Gasteiger partial charge >= 0.3 is 0 Å². The number of ether oxygens (including phenoxy) is 1. The number of amides is 1. The number of likely N-dealkylation sites (tertiary alicyclic amines) is 1. The Kier molecular flexibility index (Phi) is 8.07. The fourth-order valence-electron chi connectivity index (χ4n) is 5.09. The van der Waals surface area contributed by atoms with Crippen LogP contribution in [0.15, 0.2) is 18.2 Å². The number of aryl methyl sites for hydroxylation is 1. The van der Waals surface area contributed by atoms with Crippen molar-refractivity contribution >= 4 is 23.2 Å². The molecule has 1 saturated carbocycles. The number of benzene rings is 1. The molecule has 2 fully saturated rings. The van der Waals surface area contributed by atoms with Gasteiger partial charge in [0, 0.05) is 11.7 Å². The second kappa shape index (κ2) is 11.2. The normalized spacial score (nSPS) is 21.5. The van der Waals surface area contributed by atoms with E-state index in [4.69, 9.17) is 15.5 Å². The number of piperidine rings is 1. The summed E-state index contributed by atoms with van der Waals surface area (Å²) in [6.07, 6.45) is 5.79. The predicted octanol–water partition coefficient (Wildman–Crippen LogP) is 3.41. The Hall–Kier alpha value is -2.91. The third kappa shape index (κ3) is 6.02. The van der Waals surface area contributed by atoms with E-state index in [1.54, 1.807) is 7.11 Å². The van der Waals surface area contributed by atoms with Crippen LogP contribution in [0.2, 0.25) is 0 Å². The van der Waals surface area contributed by atoms with Crippen molar-refractivity contribution in [3.05, 3.63) is 35.2 Å². The van der Waals surface area contributed by atoms with Crippen LogP contribution < -0.4 is 21.1 Å². The van der Waals surface area contributed by atoms with Gasteiger partial charge in [0.1, 0.15) is 11.6 Å². The van der Waals surface area contributed by atoms with E-state index < -0.39 is 5.91 Å². The minimum atomic E-state index is -0.619. The summed E-state index contributed by atoms with van der Waals surface area (Å²) in [5.74, 6) is 1.66. The molecular weight excluding hydrogens is 444 g/mol. The molecule has 0 spiro atoms. The first kappa shape index (κ1) is 25.2. The van der Waals surface area contributed by atoms with Gasteiger partial charge in [-0.05, 0) is 94.8 Å². The van der Waals surface area contributed by atoms with Crippen LogP contribution in [0.5, 0.6) is 5.75 Å². The van der Waals surface area contributed by atoms with E-state index in [0.717, 1.165) is 68.6 Å². The summed E-state index contributed by atoms with van der Waals surface area (Å²) in [6, 6.07) is 6.18. The SMILES string of the molecule is CCc1nc(C(N)=O)c(Nc2ccc(OC)c(C3CCN(C)CC3)c2)nc1NC1CCC(O)CC1. The number of hydrogen-bond donors (Lipinski definition) is 4. The molecule has 1 amide bonds. The number of aliphatic hydroxyl groups excluding tert-OH is 1. The molecule has 9 heteroatoms. The van der Waals surface area contributed by atoms with Crippen LogP contribution in [0.4, 0.5) is 17.3 Å². The Labute approximate surface area is 207 Å². The molecule has 190 valence electrons. The Bertz CT molecular complexity index is 1030. The van der Waals surface area contributed by atoms with Gasteiger partial charge in [-0.15, -0.1) is 0 Å². The number of rotatable bonds is 8. The number of carbonyl (C=O) groups is 1. The van der Waals surface area contributed by atoms with Crippen LogP contribution in [0.1, 0.15) is 73.1 Å². The molecule has 0 atom stereocenters. The summed E-state index contributed by atoms with van der Waals surface area (Å²) in [6.45, 7) is 4.08. The van der Waals surface area contributed by atoms with Crippen molar-refractivity contribution in [1.82, 2.24) is 14.9 Å². The summed E-state index contributed by atoms with van der Waals surface area (Å²) in [7, 11) is 3.85. The van der Waals surface area contributed by atoms with Gasteiger partial charge in [-0.2, -0.15) is 0 Å². The van der Waals surface area contributed by atoms with Gasteiger partial charge in [0.25, 0.3) is 5.91 Å². The number of nitrogens with two attached hydrogens (primary N) is 1. The van der Waals surface area contributed by atoms with E-state index in [-0.39, 0.29) is 17.8 Å². The van der Waals surface area contributed by atoms with Crippen LogP contribution in [-0.2, 0) is 6.42 Å². The molecule has 0 unspecified atom stereocenters. The molecule has 5 N–H and O–H groups in total. The van der Waals surface area contributed by atoms with Gasteiger partial charge in [0.15, 0.2) is 11.5 Å². The number of hydrogen-bond acceptors (Lipinski definition) is 8. The Balaban J connectivity index is 1.63. The minimum absolute atomic E-state index is 0.128. The van der Waals surface area contributed by atoms with E-state index in [9.17, 15) is 9.90 Å².